The van der Waals surface area contributed by atoms with Crippen molar-refractivity contribution in [2.24, 2.45) is 0 Å². The molecule has 3 aromatic rings. The summed E-state index contributed by atoms with van der Waals surface area (Å²) in [6.45, 7) is 1.18. The van der Waals surface area contributed by atoms with Crippen LogP contribution in [0.2, 0.25) is 0 Å². The maximum atomic E-state index is 13.5. The fourth-order valence-electron chi connectivity index (χ4n) is 2.96. The Labute approximate surface area is 186 Å². The molecule has 1 amide bonds. The molecule has 0 spiro atoms. The fraction of sp³-hybridized carbons (Fsp3) is 0.263. The fourth-order valence-corrected chi connectivity index (χ4v) is 3.69. The highest BCUT2D eigenvalue weighted by Gasteiger charge is 2.27. The molecule has 0 saturated carbocycles. The molecule has 1 heterocycles. The van der Waals surface area contributed by atoms with Crippen molar-refractivity contribution in [3.05, 3.63) is 52.3 Å². The zero-order valence-corrected chi connectivity index (χ0v) is 18.1. The summed E-state index contributed by atoms with van der Waals surface area (Å²) in [7, 11) is 0. The van der Waals surface area contributed by atoms with E-state index >= 15 is 0 Å². The number of ether oxygens (including phenoxy) is 1. The van der Waals surface area contributed by atoms with Gasteiger partial charge in [0.05, 0.1) is 23.7 Å². The number of amides is 1. The van der Waals surface area contributed by atoms with Gasteiger partial charge in [-0.25, -0.2) is 13.8 Å². The molecule has 12 heteroatoms. The molecule has 1 unspecified atom stereocenters. The van der Waals surface area contributed by atoms with Crippen molar-refractivity contribution in [2.45, 2.75) is 25.0 Å². The van der Waals surface area contributed by atoms with Gasteiger partial charge in [-0.2, -0.15) is 0 Å². The van der Waals surface area contributed by atoms with Gasteiger partial charge in [0.15, 0.2) is 5.82 Å². The Kier molecular flexibility index (Phi) is 6.77. The van der Waals surface area contributed by atoms with Crippen LogP contribution in [0.15, 0.2) is 40.9 Å². The van der Waals surface area contributed by atoms with E-state index in [1.54, 1.807) is 6.92 Å². The predicted octanol–water partition coefficient (Wildman–Crippen LogP) is 5.71. The van der Waals surface area contributed by atoms with Crippen LogP contribution in [0, 0.1) is 0 Å². The van der Waals surface area contributed by atoms with Gasteiger partial charge in [0.1, 0.15) is 5.75 Å². The molecule has 31 heavy (non-hydrogen) atoms. The van der Waals surface area contributed by atoms with Gasteiger partial charge in [0, 0.05) is 27.3 Å². The summed E-state index contributed by atoms with van der Waals surface area (Å²) in [5.41, 5.74) is -3.01. The topological polar surface area (TPSA) is 76.4 Å². The van der Waals surface area contributed by atoms with Crippen LogP contribution in [-0.2, 0) is 0 Å². The Hall–Kier alpha value is -2.37. The number of nitrogens with zero attached hydrogens (tertiary/aromatic N) is 2. The number of aromatic nitrogens is 2. The van der Waals surface area contributed by atoms with Crippen molar-refractivity contribution in [3.8, 4) is 5.75 Å². The molecule has 166 valence electrons. The first-order chi connectivity index (χ1) is 14.5. The molecular weight excluding hydrogens is 510 g/mol. The number of carbonyl (C=O) groups excluding carboxylic acids is 1. The number of fused-ring (bicyclic) bond motifs is 1. The van der Waals surface area contributed by atoms with Crippen LogP contribution in [0.4, 0.5) is 23.2 Å². The van der Waals surface area contributed by atoms with E-state index in [9.17, 15) is 27.5 Å². The predicted molar refractivity (Wildman–Crippen MR) is 110 cm³/mol. The van der Waals surface area contributed by atoms with Crippen LogP contribution in [0.1, 0.15) is 35.6 Å². The summed E-state index contributed by atoms with van der Waals surface area (Å²) >= 11 is 7.98. The van der Waals surface area contributed by atoms with Crippen LogP contribution in [0.5, 0.6) is 5.75 Å². The lowest BCUT2D eigenvalue weighted by Gasteiger charge is -2.15. The number of benzene rings is 2. The lowest BCUT2D eigenvalue weighted by atomic mass is 10.1. The standard InChI is InChI=1S/C19H15BrClF4N3O3/c1-9(8-29)28-15-13(20)6-10(7-14(15)27-17(28)16(22)23)18(30)26-11-2-4-12(5-3-11)31-19(21,24)25/h2-7,9,16,29H,8H2,1H3,(H,26,30). The van der Waals surface area contributed by atoms with Gasteiger partial charge >= 0.3 is 5.57 Å². The second-order valence-corrected chi connectivity index (χ2v) is 7.82. The van der Waals surface area contributed by atoms with Crippen LogP contribution < -0.4 is 10.1 Å². The van der Waals surface area contributed by atoms with E-state index in [0.29, 0.717) is 9.99 Å². The molecule has 0 aliphatic carbocycles. The molecule has 0 fully saturated rings. The second kappa shape index (κ2) is 9.01. The minimum absolute atomic E-state index is 0.120. The molecule has 3 rings (SSSR count). The summed E-state index contributed by atoms with van der Waals surface area (Å²) in [6.07, 6.45) is -2.88. The van der Waals surface area contributed by atoms with E-state index in [0.717, 1.165) is 0 Å². The summed E-state index contributed by atoms with van der Waals surface area (Å²) in [6, 6.07) is 7.15. The number of aliphatic hydroxyl groups excluding tert-OH is 1. The number of imidazole rings is 1. The van der Waals surface area contributed by atoms with E-state index < -0.39 is 29.8 Å². The zero-order chi connectivity index (χ0) is 22.9. The molecule has 0 aliphatic rings. The Balaban J connectivity index is 1.90. The molecule has 0 aliphatic heterocycles. The maximum absolute atomic E-state index is 13.5. The van der Waals surface area contributed by atoms with Crippen molar-refractivity contribution in [2.75, 3.05) is 11.9 Å². The second-order valence-electron chi connectivity index (χ2n) is 6.52. The number of halogens is 6. The third-order valence-electron chi connectivity index (χ3n) is 4.27. The largest absolute Gasteiger partial charge is 0.487 e. The molecule has 2 N–H and O–H groups in total. The number of nitrogens with one attached hydrogen (secondary N) is 1. The summed E-state index contributed by atoms with van der Waals surface area (Å²) in [5.74, 6) is -1.31. The number of carbonyl (C=O) groups is 1. The molecule has 0 saturated heterocycles. The minimum Gasteiger partial charge on any atom is -0.420 e. The number of anilines is 1. The van der Waals surface area contributed by atoms with Gasteiger partial charge in [-0.05, 0) is 59.3 Å². The average molecular weight is 525 g/mol. The van der Waals surface area contributed by atoms with Crippen molar-refractivity contribution in [1.82, 2.24) is 9.55 Å². The van der Waals surface area contributed by atoms with E-state index in [2.05, 4.69) is 31.0 Å². The Morgan fingerprint density at radius 2 is 1.97 bits per heavy atom. The summed E-state index contributed by atoms with van der Waals surface area (Å²) in [5, 5.41) is 12.0. The Morgan fingerprint density at radius 1 is 1.32 bits per heavy atom. The summed E-state index contributed by atoms with van der Waals surface area (Å²) < 4.78 is 58.0. The number of hydrogen-bond acceptors (Lipinski definition) is 4. The normalized spacial score (nSPS) is 12.9. The Morgan fingerprint density at radius 3 is 2.52 bits per heavy atom. The molecular formula is C19H15BrClF4N3O3. The molecule has 1 aromatic heterocycles. The van der Waals surface area contributed by atoms with Crippen molar-refractivity contribution >= 4 is 50.2 Å². The van der Waals surface area contributed by atoms with Gasteiger partial charge in [-0.1, -0.05) is 0 Å². The van der Waals surface area contributed by atoms with Crippen molar-refractivity contribution in [3.63, 3.8) is 0 Å². The van der Waals surface area contributed by atoms with Crippen LogP contribution in [-0.4, -0.2) is 32.7 Å². The lowest BCUT2D eigenvalue weighted by molar-refractivity contribution is -0.0964. The highest BCUT2D eigenvalue weighted by atomic mass is 79.9. The van der Waals surface area contributed by atoms with Crippen molar-refractivity contribution in [1.29, 1.82) is 0 Å². The van der Waals surface area contributed by atoms with Crippen LogP contribution in [0.25, 0.3) is 11.0 Å². The van der Waals surface area contributed by atoms with E-state index in [1.807, 2.05) is 0 Å². The summed E-state index contributed by atoms with van der Waals surface area (Å²) in [4.78, 5) is 16.5. The van der Waals surface area contributed by atoms with E-state index in [1.165, 1.54) is 41.0 Å². The van der Waals surface area contributed by atoms with Gasteiger partial charge in [0.2, 0.25) is 0 Å². The maximum Gasteiger partial charge on any atom is 0.487 e. The number of hydrogen-bond donors (Lipinski definition) is 2. The van der Waals surface area contributed by atoms with Crippen LogP contribution >= 0.6 is 27.5 Å². The highest BCUT2D eigenvalue weighted by molar-refractivity contribution is 9.10. The molecule has 6 nitrogen and oxygen atoms in total. The number of rotatable bonds is 7. The van der Waals surface area contributed by atoms with Gasteiger partial charge in [-0.3, -0.25) is 4.79 Å². The highest BCUT2D eigenvalue weighted by Crippen LogP contribution is 2.33. The van der Waals surface area contributed by atoms with Gasteiger partial charge in [-0.15, -0.1) is 8.78 Å². The third kappa shape index (κ3) is 5.28. The van der Waals surface area contributed by atoms with Crippen molar-refractivity contribution < 1.29 is 32.2 Å². The smallest absolute Gasteiger partial charge is 0.420 e. The molecule has 1 atom stereocenters. The quantitative estimate of drug-likeness (QED) is 0.307. The lowest BCUT2D eigenvalue weighted by Crippen LogP contribution is -2.16. The number of aliphatic hydroxyl groups is 1. The average Bonchev–Trinajstić information content (AvgIpc) is 3.08. The monoisotopic (exact) mass is 523 g/mol. The first-order valence-corrected chi connectivity index (χ1v) is 9.94. The first kappa shape index (κ1) is 23.3. The van der Waals surface area contributed by atoms with E-state index in [4.69, 9.17) is 11.6 Å². The number of alkyl halides is 5. The molecule has 0 radical (unpaired) electrons. The third-order valence-corrected chi connectivity index (χ3v) is 4.96. The Bertz CT molecular complexity index is 1100. The molecule has 0 bridgehead atoms. The first-order valence-electron chi connectivity index (χ1n) is 8.77. The SMILES string of the molecule is CC(CO)n1c(C(F)F)nc2cc(C(=O)Nc3ccc(OC(F)(F)Cl)cc3)cc(Br)c21. The van der Waals surface area contributed by atoms with Gasteiger partial charge in [0.25, 0.3) is 12.3 Å². The minimum atomic E-state index is -3.86. The van der Waals surface area contributed by atoms with Crippen LogP contribution in [0.3, 0.4) is 0 Å². The van der Waals surface area contributed by atoms with Gasteiger partial charge < -0.3 is 19.7 Å². The molecule has 2 aromatic carbocycles. The zero-order valence-electron chi connectivity index (χ0n) is 15.8. The van der Waals surface area contributed by atoms with E-state index in [-0.39, 0.29) is 29.1 Å².